The van der Waals surface area contributed by atoms with Crippen molar-refractivity contribution in [1.82, 2.24) is 15.2 Å². The Morgan fingerprint density at radius 3 is 2.40 bits per heavy atom. The second-order valence-electron chi connectivity index (χ2n) is 6.83. The molecule has 2 aromatic carbocycles. The summed E-state index contributed by atoms with van der Waals surface area (Å²) in [6.45, 7) is 1.44. The van der Waals surface area contributed by atoms with Crippen LogP contribution >= 0.6 is 0 Å². The molecule has 0 unspecified atom stereocenters. The third-order valence-electron chi connectivity index (χ3n) is 4.77. The average Bonchev–Trinajstić information content (AvgIpc) is 2.81. The number of pyridine rings is 1. The molecule has 0 aliphatic rings. The highest BCUT2D eigenvalue weighted by Gasteiger charge is 2.15. The maximum absolute atomic E-state index is 13.0. The number of methoxy groups -OCH3 is 2. The molecule has 1 N–H and O–H groups in total. The van der Waals surface area contributed by atoms with Crippen LogP contribution < -0.4 is 14.8 Å². The Morgan fingerprint density at radius 1 is 0.933 bits per heavy atom. The second-order valence-corrected chi connectivity index (χ2v) is 6.83. The smallest absolute Gasteiger partial charge is 0.318 e. The van der Waals surface area contributed by atoms with E-state index in [1.54, 1.807) is 25.3 Å². The van der Waals surface area contributed by atoms with E-state index in [-0.39, 0.29) is 6.03 Å². The second kappa shape index (κ2) is 10.9. The minimum Gasteiger partial charge on any atom is -0.493 e. The molecule has 0 fully saturated rings. The maximum atomic E-state index is 13.0. The summed E-state index contributed by atoms with van der Waals surface area (Å²) in [5.41, 5.74) is 2.98. The van der Waals surface area contributed by atoms with Crippen LogP contribution in [0.4, 0.5) is 4.79 Å². The number of nitrogens with zero attached hydrogens (tertiary/aromatic N) is 2. The minimum absolute atomic E-state index is 0.133. The summed E-state index contributed by atoms with van der Waals surface area (Å²) in [5, 5.41) is 3.01. The summed E-state index contributed by atoms with van der Waals surface area (Å²) >= 11 is 0. The number of benzene rings is 2. The fourth-order valence-electron chi connectivity index (χ4n) is 3.13. The first-order chi connectivity index (χ1) is 14.7. The highest BCUT2D eigenvalue weighted by Crippen LogP contribution is 2.27. The van der Waals surface area contributed by atoms with Gasteiger partial charge in [0.1, 0.15) is 0 Å². The first kappa shape index (κ1) is 21.2. The molecule has 0 saturated heterocycles. The van der Waals surface area contributed by atoms with Crippen molar-refractivity contribution in [1.29, 1.82) is 0 Å². The molecule has 3 rings (SSSR count). The Labute approximate surface area is 177 Å². The third-order valence-corrected chi connectivity index (χ3v) is 4.77. The number of nitrogens with one attached hydrogen (secondary N) is 1. The van der Waals surface area contributed by atoms with E-state index in [9.17, 15) is 4.79 Å². The Balaban J connectivity index is 1.66. The minimum atomic E-state index is -0.133. The molecule has 0 saturated carbocycles. The zero-order valence-corrected chi connectivity index (χ0v) is 17.4. The number of carbonyl (C=O) groups excluding carboxylic acids is 1. The fourth-order valence-corrected chi connectivity index (χ4v) is 3.13. The van der Waals surface area contributed by atoms with Crippen molar-refractivity contribution in [3.63, 3.8) is 0 Å². The molecular formula is C24H27N3O3. The highest BCUT2D eigenvalue weighted by molar-refractivity contribution is 5.74. The van der Waals surface area contributed by atoms with E-state index in [0.717, 1.165) is 17.7 Å². The van der Waals surface area contributed by atoms with E-state index >= 15 is 0 Å². The lowest BCUT2D eigenvalue weighted by Crippen LogP contribution is -2.40. The number of urea groups is 1. The van der Waals surface area contributed by atoms with Gasteiger partial charge in [-0.3, -0.25) is 4.98 Å². The number of ether oxygens (including phenoxy) is 2. The van der Waals surface area contributed by atoms with Crippen molar-refractivity contribution in [2.24, 2.45) is 0 Å². The number of hydrogen-bond acceptors (Lipinski definition) is 4. The molecule has 6 heteroatoms. The summed E-state index contributed by atoms with van der Waals surface area (Å²) in [7, 11) is 3.19. The molecule has 1 heterocycles. The van der Waals surface area contributed by atoms with Gasteiger partial charge in [-0.05, 0) is 41.8 Å². The summed E-state index contributed by atoms with van der Waals surface area (Å²) in [5.74, 6) is 1.30. The van der Waals surface area contributed by atoms with Gasteiger partial charge in [0, 0.05) is 19.3 Å². The Kier molecular flexibility index (Phi) is 7.66. The number of rotatable bonds is 9. The van der Waals surface area contributed by atoms with Crippen LogP contribution in [0.5, 0.6) is 11.5 Å². The molecule has 0 bridgehead atoms. The van der Waals surface area contributed by atoms with Gasteiger partial charge in [-0.1, -0.05) is 42.5 Å². The van der Waals surface area contributed by atoms with Crippen molar-refractivity contribution in [2.75, 3.05) is 20.8 Å². The molecule has 3 aromatic rings. The molecule has 0 atom stereocenters. The zero-order chi connectivity index (χ0) is 21.2. The first-order valence-electron chi connectivity index (χ1n) is 9.87. The van der Waals surface area contributed by atoms with Crippen LogP contribution in [0.1, 0.15) is 16.8 Å². The Bertz CT molecular complexity index is 933. The van der Waals surface area contributed by atoms with E-state index in [4.69, 9.17) is 9.47 Å². The molecular weight excluding hydrogens is 378 g/mol. The van der Waals surface area contributed by atoms with Crippen molar-refractivity contribution in [3.8, 4) is 11.5 Å². The van der Waals surface area contributed by atoms with Gasteiger partial charge in [-0.15, -0.1) is 0 Å². The summed E-state index contributed by atoms with van der Waals surface area (Å²) in [4.78, 5) is 19.1. The van der Waals surface area contributed by atoms with Crippen LogP contribution in [0.2, 0.25) is 0 Å². The molecule has 156 valence electrons. The van der Waals surface area contributed by atoms with E-state index in [0.29, 0.717) is 31.1 Å². The van der Waals surface area contributed by atoms with Gasteiger partial charge in [0.25, 0.3) is 0 Å². The van der Waals surface area contributed by atoms with Gasteiger partial charge in [0.2, 0.25) is 0 Å². The SMILES string of the molecule is COc1ccc(CNC(=O)N(CCc2ccccc2)Cc2ccccn2)cc1OC. The van der Waals surface area contributed by atoms with Crippen molar-refractivity contribution in [3.05, 3.63) is 89.7 Å². The van der Waals surface area contributed by atoms with Crippen LogP contribution in [0.15, 0.2) is 72.9 Å². The zero-order valence-electron chi connectivity index (χ0n) is 17.4. The maximum Gasteiger partial charge on any atom is 0.318 e. The predicted octanol–water partition coefficient (Wildman–Crippen LogP) is 4.05. The molecule has 0 aliphatic heterocycles. The van der Waals surface area contributed by atoms with Gasteiger partial charge in [0.15, 0.2) is 11.5 Å². The lowest BCUT2D eigenvalue weighted by Gasteiger charge is -2.23. The van der Waals surface area contributed by atoms with Crippen LogP contribution in [0.25, 0.3) is 0 Å². The van der Waals surface area contributed by atoms with Crippen molar-refractivity contribution < 1.29 is 14.3 Å². The Morgan fingerprint density at radius 2 is 1.70 bits per heavy atom. The molecule has 2 amide bonds. The van der Waals surface area contributed by atoms with E-state index in [1.807, 2.05) is 54.6 Å². The van der Waals surface area contributed by atoms with Gasteiger partial charge < -0.3 is 19.7 Å². The largest absolute Gasteiger partial charge is 0.493 e. The van der Waals surface area contributed by atoms with Crippen molar-refractivity contribution >= 4 is 6.03 Å². The monoisotopic (exact) mass is 405 g/mol. The topological polar surface area (TPSA) is 63.7 Å². The summed E-state index contributed by atoms with van der Waals surface area (Å²) in [6.07, 6.45) is 2.52. The predicted molar refractivity (Wildman–Crippen MR) is 117 cm³/mol. The molecule has 0 aliphatic carbocycles. The van der Waals surface area contributed by atoms with Gasteiger partial charge in [-0.2, -0.15) is 0 Å². The number of hydrogen-bond donors (Lipinski definition) is 1. The van der Waals surface area contributed by atoms with Gasteiger partial charge in [-0.25, -0.2) is 4.79 Å². The average molecular weight is 405 g/mol. The van der Waals surface area contributed by atoms with Gasteiger partial charge >= 0.3 is 6.03 Å². The molecule has 6 nitrogen and oxygen atoms in total. The highest BCUT2D eigenvalue weighted by atomic mass is 16.5. The molecule has 0 spiro atoms. The van der Waals surface area contributed by atoms with Crippen molar-refractivity contribution in [2.45, 2.75) is 19.5 Å². The van der Waals surface area contributed by atoms with Crippen LogP contribution in [0, 0.1) is 0 Å². The fraction of sp³-hybridized carbons (Fsp3) is 0.250. The lowest BCUT2D eigenvalue weighted by molar-refractivity contribution is 0.194. The first-order valence-corrected chi connectivity index (χ1v) is 9.87. The van der Waals surface area contributed by atoms with E-state index < -0.39 is 0 Å². The number of amides is 2. The van der Waals surface area contributed by atoms with E-state index in [2.05, 4.69) is 22.4 Å². The Hall–Kier alpha value is -3.54. The summed E-state index contributed by atoms with van der Waals surface area (Å²) in [6, 6.07) is 21.4. The molecule has 1 aromatic heterocycles. The van der Waals surface area contributed by atoms with Crippen LogP contribution in [-0.2, 0) is 19.5 Å². The quantitative estimate of drug-likeness (QED) is 0.583. The van der Waals surface area contributed by atoms with Gasteiger partial charge in [0.05, 0.1) is 26.5 Å². The van der Waals surface area contributed by atoms with Crippen LogP contribution in [-0.4, -0.2) is 36.7 Å². The van der Waals surface area contributed by atoms with Crippen LogP contribution in [0.3, 0.4) is 0 Å². The standard InChI is InChI=1S/C24H27N3O3/c1-29-22-12-11-20(16-23(22)30-2)17-26-24(28)27(18-21-10-6-7-14-25-21)15-13-19-8-4-3-5-9-19/h3-12,14,16H,13,15,17-18H2,1-2H3,(H,26,28). The van der Waals surface area contributed by atoms with E-state index in [1.165, 1.54) is 5.56 Å². The third kappa shape index (κ3) is 5.98. The molecule has 30 heavy (non-hydrogen) atoms. The number of carbonyl (C=O) groups is 1. The normalized spacial score (nSPS) is 10.3. The number of aromatic nitrogens is 1. The molecule has 0 radical (unpaired) electrons. The lowest BCUT2D eigenvalue weighted by atomic mass is 10.1. The summed E-state index contributed by atoms with van der Waals surface area (Å²) < 4.78 is 10.6.